The van der Waals surface area contributed by atoms with Gasteiger partial charge >= 0.3 is 5.96 Å². The Hall–Kier alpha value is -1.69. The van der Waals surface area contributed by atoms with Crippen LogP contribution in [0.4, 0.5) is 5.69 Å². The maximum absolute atomic E-state index is 5.63. The van der Waals surface area contributed by atoms with Crippen molar-refractivity contribution in [1.29, 1.82) is 0 Å². The van der Waals surface area contributed by atoms with Gasteiger partial charge in [-0.3, -0.25) is 0 Å². The Morgan fingerprint density at radius 1 is 1.20 bits per heavy atom. The summed E-state index contributed by atoms with van der Waals surface area (Å²) in [6.07, 6.45) is 1.99. The van der Waals surface area contributed by atoms with Crippen molar-refractivity contribution in [3.05, 3.63) is 24.3 Å². The van der Waals surface area contributed by atoms with Gasteiger partial charge in [0.05, 0.1) is 4.90 Å². The molecule has 80 valence electrons. The fourth-order valence-corrected chi connectivity index (χ4v) is 1.63. The van der Waals surface area contributed by atoms with Crippen LogP contribution in [0.15, 0.2) is 29.2 Å². The number of guanidine groups is 2. The van der Waals surface area contributed by atoms with Crippen LogP contribution in [0.2, 0.25) is 0 Å². The van der Waals surface area contributed by atoms with Crippen LogP contribution in [0.1, 0.15) is 0 Å². The third-order valence-corrected chi connectivity index (χ3v) is 2.45. The van der Waals surface area contributed by atoms with Crippen molar-refractivity contribution in [3.8, 4) is 0 Å². The Labute approximate surface area is 92.5 Å². The normalized spacial score (nSPS) is 11.1. The van der Waals surface area contributed by atoms with Gasteiger partial charge in [-0.2, -0.15) is 4.99 Å². The quantitative estimate of drug-likeness (QED) is 0.207. The minimum Gasteiger partial charge on any atom is -0.345 e. The van der Waals surface area contributed by atoms with E-state index in [0.717, 1.165) is 10.6 Å². The van der Waals surface area contributed by atoms with Crippen molar-refractivity contribution in [1.82, 2.24) is 0 Å². The summed E-state index contributed by atoms with van der Waals surface area (Å²) < 4.78 is 0. The molecule has 0 unspecified atom stereocenters. The Balaban J connectivity index is 3.02. The Bertz CT molecular complexity index is 395. The highest BCUT2D eigenvalue weighted by atomic mass is 32.2. The molecule has 0 radical (unpaired) electrons. The van der Waals surface area contributed by atoms with Gasteiger partial charge in [0.25, 0.3) is 5.96 Å². The molecule has 0 amide bonds. The summed E-state index contributed by atoms with van der Waals surface area (Å²) in [5.41, 5.74) is 17.1. The fraction of sp³-hybridized carbons (Fsp3) is 0.111. The zero-order valence-electron chi connectivity index (χ0n) is 8.45. The van der Waals surface area contributed by atoms with Crippen LogP contribution in [0.5, 0.6) is 0 Å². The summed E-state index contributed by atoms with van der Waals surface area (Å²) in [6.45, 7) is 0. The Morgan fingerprint density at radius 3 is 2.47 bits per heavy atom. The predicted octanol–water partition coefficient (Wildman–Crippen LogP) is -3.21. The molecule has 0 spiro atoms. The molecular formula is C9H15N5S+2. The topological polar surface area (TPSA) is 106 Å². The van der Waals surface area contributed by atoms with Gasteiger partial charge in [-0.15, -0.1) is 16.8 Å². The molecule has 1 aromatic rings. The average molecular weight is 225 g/mol. The highest BCUT2D eigenvalue weighted by Gasteiger charge is 2.07. The largest absolute Gasteiger partial charge is 0.522 e. The van der Waals surface area contributed by atoms with E-state index in [1.54, 1.807) is 11.8 Å². The predicted molar refractivity (Wildman–Crippen MR) is 62.4 cm³/mol. The lowest BCUT2D eigenvalue weighted by atomic mass is 10.3. The standard InChI is InChI=1S/C9H13N5S/c1-15-7-5-3-2-4-6(7)13-9(12)14-8(10)11/h2-5H,1H3,(H6,10,11,12,13,14)/p+2. The highest BCUT2D eigenvalue weighted by molar-refractivity contribution is 7.98. The fourth-order valence-electron chi connectivity index (χ4n) is 1.08. The summed E-state index contributed by atoms with van der Waals surface area (Å²) in [7, 11) is 0. The lowest BCUT2D eigenvalue weighted by Crippen LogP contribution is -2.96. The minimum atomic E-state index is 0.0571. The van der Waals surface area contributed by atoms with E-state index in [4.69, 9.17) is 17.2 Å². The zero-order chi connectivity index (χ0) is 11.3. The van der Waals surface area contributed by atoms with Crippen LogP contribution in [-0.2, 0) is 0 Å². The first kappa shape index (κ1) is 11.4. The van der Waals surface area contributed by atoms with Gasteiger partial charge in [0.15, 0.2) is 5.69 Å². The lowest BCUT2D eigenvalue weighted by molar-refractivity contribution is -0.460. The highest BCUT2D eigenvalue weighted by Crippen LogP contribution is 2.19. The second kappa shape index (κ2) is 5.26. The van der Waals surface area contributed by atoms with Crippen molar-refractivity contribution in [2.24, 2.45) is 17.2 Å². The van der Waals surface area contributed by atoms with Crippen molar-refractivity contribution in [2.45, 2.75) is 4.90 Å². The van der Waals surface area contributed by atoms with Crippen molar-refractivity contribution >= 4 is 29.4 Å². The molecule has 1 aromatic carbocycles. The number of nitrogens with two attached hydrogens (primary N) is 3. The van der Waals surface area contributed by atoms with Gasteiger partial charge in [-0.05, 0) is 18.4 Å². The van der Waals surface area contributed by atoms with Gasteiger partial charge in [0, 0.05) is 0 Å². The molecule has 15 heavy (non-hydrogen) atoms. The van der Waals surface area contributed by atoms with E-state index >= 15 is 0 Å². The van der Waals surface area contributed by atoms with Crippen molar-refractivity contribution in [2.75, 3.05) is 6.26 Å². The molecule has 1 rings (SSSR count). The maximum Gasteiger partial charge on any atom is 0.522 e. The minimum absolute atomic E-state index is 0.0571. The molecule has 0 atom stereocenters. The van der Waals surface area contributed by atoms with E-state index in [-0.39, 0.29) is 5.96 Å². The SMILES string of the molecule is CSc1ccccc1[NH+]=C(N)[NH+]=C(N)N. The third kappa shape index (κ3) is 3.51. The van der Waals surface area contributed by atoms with Crippen LogP contribution >= 0.6 is 11.8 Å². The molecular weight excluding hydrogens is 210 g/mol. The molecule has 0 saturated heterocycles. The molecule has 0 bridgehead atoms. The van der Waals surface area contributed by atoms with Crippen LogP contribution < -0.4 is 27.2 Å². The number of hydrogen-bond donors (Lipinski definition) is 5. The Morgan fingerprint density at radius 2 is 1.87 bits per heavy atom. The number of rotatable bonds is 2. The van der Waals surface area contributed by atoms with Crippen LogP contribution in [0.25, 0.3) is 0 Å². The monoisotopic (exact) mass is 225 g/mol. The number of nitrogens with one attached hydrogen (secondary N) is 2. The maximum atomic E-state index is 5.63. The van der Waals surface area contributed by atoms with Gasteiger partial charge < -0.3 is 11.5 Å². The van der Waals surface area contributed by atoms with Crippen molar-refractivity contribution < 1.29 is 9.98 Å². The third-order valence-electron chi connectivity index (χ3n) is 1.66. The van der Waals surface area contributed by atoms with E-state index in [1.165, 1.54) is 0 Å². The molecule has 0 aliphatic heterocycles. The first-order valence-corrected chi connectivity index (χ1v) is 5.53. The summed E-state index contributed by atoms with van der Waals surface area (Å²) in [5, 5.41) is 0. The van der Waals surface area contributed by atoms with Gasteiger partial charge in [0.1, 0.15) is 0 Å². The van der Waals surface area contributed by atoms with Gasteiger partial charge in [-0.1, -0.05) is 12.1 Å². The van der Waals surface area contributed by atoms with Crippen LogP contribution in [0, 0.1) is 0 Å². The molecule has 0 heterocycles. The van der Waals surface area contributed by atoms with Gasteiger partial charge in [-0.25, -0.2) is 5.73 Å². The molecule has 8 N–H and O–H groups in total. The molecule has 0 aromatic heterocycles. The molecule has 5 nitrogen and oxygen atoms in total. The molecule has 0 saturated carbocycles. The van der Waals surface area contributed by atoms with E-state index in [9.17, 15) is 0 Å². The summed E-state index contributed by atoms with van der Waals surface area (Å²) in [6, 6.07) is 7.80. The molecule has 0 fully saturated rings. The van der Waals surface area contributed by atoms with E-state index in [0.29, 0.717) is 5.96 Å². The lowest BCUT2D eigenvalue weighted by Gasteiger charge is -1.96. The first-order chi connectivity index (χ1) is 7.13. The van der Waals surface area contributed by atoms with E-state index < -0.39 is 0 Å². The first-order valence-electron chi connectivity index (χ1n) is 4.31. The Kier molecular flexibility index (Phi) is 3.99. The number of thioether (sulfide) groups is 1. The zero-order valence-corrected chi connectivity index (χ0v) is 9.27. The molecule has 0 aliphatic carbocycles. The second-order valence-corrected chi connectivity index (χ2v) is 3.67. The van der Waals surface area contributed by atoms with Crippen LogP contribution in [0.3, 0.4) is 0 Å². The number of benzene rings is 1. The van der Waals surface area contributed by atoms with Gasteiger partial charge in [0.2, 0.25) is 0 Å². The van der Waals surface area contributed by atoms with E-state index in [2.05, 4.69) is 9.98 Å². The van der Waals surface area contributed by atoms with Crippen LogP contribution in [-0.4, -0.2) is 18.2 Å². The molecule has 6 heteroatoms. The smallest absolute Gasteiger partial charge is 0.345 e. The second-order valence-electron chi connectivity index (χ2n) is 2.82. The number of para-hydroxylation sites is 1. The summed E-state index contributed by atoms with van der Waals surface area (Å²) in [4.78, 5) is 6.66. The van der Waals surface area contributed by atoms with Crippen molar-refractivity contribution in [3.63, 3.8) is 0 Å². The number of hydrogen-bond acceptors (Lipinski definition) is 1. The van der Waals surface area contributed by atoms with E-state index in [1.807, 2.05) is 30.5 Å². The average Bonchev–Trinajstić information content (AvgIpc) is 2.17. The summed E-state index contributed by atoms with van der Waals surface area (Å²) in [5.74, 6) is 0.359. The molecule has 0 aliphatic rings. The summed E-state index contributed by atoms with van der Waals surface area (Å²) >= 11 is 1.63.